The van der Waals surface area contributed by atoms with Gasteiger partial charge in [0.05, 0.1) is 18.5 Å². The molecule has 1 aromatic rings. The maximum atomic E-state index is 12.3. The molecule has 0 aliphatic carbocycles. The van der Waals surface area contributed by atoms with Crippen LogP contribution in [0.3, 0.4) is 0 Å². The van der Waals surface area contributed by atoms with Crippen molar-refractivity contribution in [3.05, 3.63) is 22.7 Å². The fraction of sp³-hybridized carbons (Fsp3) is 0.765. The number of hydrogen-bond donors (Lipinski definition) is 2. The smallest absolute Gasteiger partial charge is 0.255 e. The summed E-state index contributed by atoms with van der Waals surface area (Å²) in [6, 6.07) is 1.53. The van der Waals surface area contributed by atoms with Gasteiger partial charge in [-0.05, 0) is 38.6 Å². The predicted octanol–water partition coefficient (Wildman–Crippen LogP) is 0.539. The Kier molecular flexibility index (Phi) is 5.53. The van der Waals surface area contributed by atoms with Crippen molar-refractivity contribution in [2.24, 2.45) is 5.92 Å². The van der Waals surface area contributed by atoms with E-state index in [0.717, 1.165) is 45.7 Å². The van der Waals surface area contributed by atoms with Gasteiger partial charge in [-0.1, -0.05) is 0 Å². The largest absolute Gasteiger partial charge is 0.388 e. The fourth-order valence-corrected chi connectivity index (χ4v) is 3.35. The first-order chi connectivity index (χ1) is 11.5. The molecule has 1 aromatic heterocycles. The van der Waals surface area contributed by atoms with E-state index in [0.29, 0.717) is 31.1 Å². The van der Waals surface area contributed by atoms with Crippen LogP contribution in [0.1, 0.15) is 25.7 Å². The third-order valence-corrected chi connectivity index (χ3v) is 5.17. The highest BCUT2D eigenvalue weighted by atomic mass is 16.5. The molecule has 0 spiro atoms. The molecule has 7 nitrogen and oxygen atoms in total. The number of rotatable bonds is 5. The lowest BCUT2D eigenvalue weighted by atomic mass is 9.91. The van der Waals surface area contributed by atoms with Crippen LogP contribution in [0.2, 0.25) is 0 Å². The number of likely N-dealkylation sites (tertiary alicyclic amines) is 1. The van der Waals surface area contributed by atoms with Gasteiger partial charge in [-0.15, -0.1) is 0 Å². The van der Waals surface area contributed by atoms with Crippen LogP contribution in [0.4, 0.5) is 5.82 Å². The van der Waals surface area contributed by atoms with E-state index in [1.165, 1.54) is 10.6 Å². The molecule has 2 aliphatic heterocycles. The second-order valence-electron chi connectivity index (χ2n) is 7.20. The molecule has 3 heterocycles. The zero-order valence-electron chi connectivity index (χ0n) is 14.4. The number of ether oxygens (including phenoxy) is 1. The predicted molar refractivity (Wildman–Crippen MR) is 92.2 cm³/mol. The molecular weight excluding hydrogens is 308 g/mol. The normalized spacial score (nSPS) is 22.4. The van der Waals surface area contributed by atoms with Gasteiger partial charge in [-0.25, -0.2) is 4.98 Å². The van der Waals surface area contributed by atoms with Crippen molar-refractivity contribution in [1.82, 2.24) is 14.5 Å². The molecule has 2 fully saturated rings. The molecule has 134 valence electrons. The van der Waals surface area contributed by atoms with Crippen LogP contribution in [-0.2, 0) is 11.3 Å². The minimum atomic E-state index is -0.810. The summed E-state index contributed by atoms with van der Waals surface area (Å²) in [6.45, 7) is 4.46. The van der Waals surface area contributed by atoms with Crippen LogP contribution in [0.25, 0.3) is 0 Å². The summed E-state index contributed by atoms with van der Waals surface area (Å²) < 4.78 is 6.87. The molecule has 0 atom stereocenters. The number of anilines is 1. The molecular formula is C17H28N4O3. The Hall–Kier alpha value is -1.44. The lowest BCUT2D eigenvalue weighted by Crippen LogP contribution is -2.46. The summed E-state index contributed by atoms with van der Waals surface area (Å²) in [5.41, 5.74) is -0.929. The summed E-state index contributed by atoms with van der Waals surface area (Å²) in [6.07, 6.45) is 5.00. The second kappa shape index (κ2) is 7.63. The Bertz CT molecular complexity index is 590. The molecule has 0 radical (unpaired) electrons. The maximum Gasteiger partial charge on any atom is 0.255 e. The van der Waals surface area contributed by atoms with E-state index in [9.17, 15) is 9.90 Å². The number of hydrogen-bond acceptors (Lipinski definition) is 6. The standard InChI is InChI=1S/C17H28N4O3/c1-20-6-4-17(23,5-7-20)12-21-13-19-15(10-16(21)22)18-11-14-2-8-24-9-3-14/h10,13-14,18,23H,2-9,11-12H2,1H3. The van der Waals surface area contributed by atoms with E-state index in [2.05, 4.69) is 15.2 Å². The number of aromatic nitrogens is 2. The Morgan fingerprint density at radius 1 is 1.38 bits per heavy atom. The number of piperidine rings is 1. The SMILES string of the molecule is CN1CCC(O)(Cn2cnc(NCC3CCOCC3)cc2=O)CC1. The quantitative estimate of drug-likeness (QED) is 0.817. The monoisotopic (exact) mass is 336 g/mol. The van der Waals surface area contributed by atoms with Crippen molar-refractivity contribution in [3.63, 3.8) is 0 Å². The molecule has 3 rings (SSSR count). The first-order valence-electron chi connectivity index (χ1n) is 8.83. The topological polar surface area (TPSA) is 79.6 Å². The van der Waals surface area contributed by atoms with Crippen molar-refractivity contribution in [1.29, 1.82) is 0 Å². The van der Waals surface area contributed by atoms with Gasteiger partial charge in [0.15, 0.2) is 0 Å². The van der Waals surface area contributed by atoms with Crippen LogP contribution in [0.15, 0.2) is 17.2 Å². The van der Waals surface area contributed by atoms with Crippen molar-refractivity contribution in [3.8, 4) is 0 Å². The number of aliphatic hydroxyl groups is 1. The molecule has 0 amide bonds. The summed E-state index contributed by atoms with van der Waals surface area (Å²) in [5.74, 6) is 1.18. The highest BCUT2D eigenvalue weighted by Crippen LogP contribution is 2.22. The molecule has 0 unspecified atom stereocenters. The van der Waals surface area contributed by atoms with Crippen molar-refractivity contribution < 1.29 is 9.84 Å². The van der Waals surface area contributed by atoms with Crippen LogP contribution in [0, 0.1) is 5.92 Å². The van der Waals surface area contributed by atoms with Crippen molar-refractivity contribution in [2.45, 2.75) is 37.8 Å². The summed E-state index contributed by atoms with van der Waals surface area (Å²) in [7, 11) is 2.05. The van der Waals surface area contributed by atoms with E-state index in [4.69, 9.17) is 4.74 Å². The minimum absolute atomic E-state index is 0.119. The second-order valence-corrected chi connectivity index (χ2v) is 7.20. The van der Waals surface area contributed by atoms with Crippen molar-refractivity contribution in [2.75, 3.05) is 45.2 Å². The van der Waals surface area contributed by atoms with Crippen LogP contribution < -0.4 is 10.9 Å². The van der Waals surface area contributed by atoms with Gasteiger partial charge in [0, 0.05) is 38.9 Å². The highest BCUT2D eigenvalue weighted by Gasteiger charge is 2.31. The van der Waals surface area contributed by atoms with Gasteiger partial charge in [-0.3, -0.25) is 9.36 Å². The number of nitrogens with one attached hydrogen (secondary N) is 1. The minimum Gasteiger partial charge on any atom is -0.388 e. The lowest BCUT2D eigenvalue weighted by Gasteiger charge is -2.36. The molecule has 0 bridgehead atoms. The average molecular weight is 336 g/mol. The van der Waals surface area contributed by atoms with E-state index in [-0.39, 0.29) is 5.56 Å². The van der Waals surface area contributed by atoms with Crippen LogP contribution in [0.5, 0.6) is 0 Å². The summed E-state index contributed by atoms with van der Waals surface area (Å²) in [4.78, 5) is 18.8. The Labute approximate surface area is 142 Å². The van der Waals surface area contributed by atoms with Gasteiger partial charge >= 0.3 is 0 Å². The molecule has 24 heavy (non-hydrogen) atoms. The van der Waals surface area contributed by atoms with Crippen molar-refractivity contribution >= 4 is 5.82 Å². The van der Waals surface area contributed by atoms with Gasteiger partial charge in [-0.2, -0.15) is 0 Å². The molecule has 2 N–H and O–H groups in total. The zero-order valence-corrected chi connectivity index (χ0v) is 14.4. The Morgan fingerprint density at radius 2 is 2.08 bits per heavy atom. The molecule has 2 aliphatic rings. The third kappa shape index (κ3) is 4.55. The molecule has 2 saturated heterocycles. The molecule has 0 saturated carbocycles. The molecule has 7 heteroatoms. The van der Waals surface area contributed by atoms with E-state index in [1.54, 1.807) is 6.33 Å². The van der Waals surface area contributed by atoms with Gasteiger partial charge in [0.25, 0.3) is 5.56 Å². The average Bonchev–Trinajstić information content (AvgIpc) is 2.59. The van der Waals surface area contributed by atoms with Gasteiger partial charge < -0.3 is 20.1 Å². The van der Waals surface area contributed by atoms with E-state index >= 15 is 0 Å². The van der Waals surface area contributed by atoms with Crippen LogP contribution in [-0.4, -0.2) is 65.1 Å². The summed E-state index contributed by atoms with van der Waals surface area (Å²) >= 11 is 0. The lowest BCUT2D eigenvalue weighted by molar-refractivity contribution is -0.0299. The summed E-state index contributed by atoms with van der Waals surface area (Å²) in [5, 5.41) is 13.9. The van der Waals surface area contributed by atoms with E-state index < -0.39 is 5.60 Å². The molecule has 0 aromatic carbocycles. The Balaban J connectivity index is 1.57. The number of nitrogens with zero attached hydrogens (tertiary/aromatic N) is 3. The first kappa shape index (κ1) is 17.4. The maximum absolute atomic E-state index is 12.3. The Morgan fingerprint density at radius 3 is 2.75 bits per heavy atom. The first-order valence-corrected chi connectivity index (χ1v) is 8.83. The fourth-order valence-electron chi connectivity index (χ4n) is 3.35. The van der Waals surface area contributed by atoms with E-state index in [1.807, 2.05) is 7.05 Å². The zero-order chi connectivity index (χ0) is 17.0. The third-order valence-electron chi connectivity index (χ3n) is 5.17. The van der Waals surface area contributed by atoms with Crippen LogP contribution >= 0.6 is 0 Å². The van der Waals surface area contributed by atoms with Gasteiger partial charge in [0.2, 0.25) is 0 Å². The van der Waals surface area contributed by atoms with Gasteiger partial charge in [0.1, 0.15) is 5.82 Å². The highest BCUT2D eigenvalue weighted by molar-refractivity contribution is 5.31.